The summed E-state index contributed by atoms with van der Waals surface area (Å²) in [6.45, 7) is 6.00. The highest BCUT2D eigenvalue weighted by molar-refractivity contribution is 6.10. The summed E-state index contributed by atoms with van der Waals surface area (Å²) < 4.78 is 2.25. The SMILES string of the molecule is C=C/C(=C\C=N)C/C=C(\C=C(/N)c1ccncc1)n1c2ccccc2c2cc(C)ccc21. The summed E-state index contributed by atoms with van der Waals surface area (Å²) in [6, 6.07) is 18.8. The Morgan fingerprint density at radius 1 is 1.06 bits per heavy atom. The van der Waals surface area contributed by atoms with Crippen LogP contribution in [0.2, 0.25) is 0 Å². The number of allylic oxidation sites excluding steroid dienone is 6. The van der Waals surface area contributed by atoms with Crippen LogP contribution < -0.4 is 5.73 Å². The number of fused-ring (bicyclic) bond motifs is 3. The maximum absolute atomic E-state index is 7.41. The first kappa shape index (κ1) is 21.1. The molecule has 0 aliphatic rings. The van der Waals surface area contributed by atoms with E-state index < -0.39 is 0 Å². The first-order valence-electron chi connectivity index (χ1n) is 10.5. The van der Waals surface area contributed by atoms with Gasteiger partial charge in [0.1, 0.15) is 0 Å². The van der Waals surface area contributed by atoms with Gasteiger partial charge in [0.15, 0.2) is 0 Å². The van der Waals surface area contributed by atoms with Crippen LogP contribution in [-0.2, 0) is 0 Å². The molecule has 4 rings (SSSR count). The molecule has 32 heavy (non-hydrogen) atoms. The summed E-state index contributed by atoms with van der Waals surface area (Å²) in [4.78, 5) is 4.10. The van der Waals surface area contributed by atoms with Crippen LogP contribution in [0.5, 0.6) is 0 Å². The third-order valence-electron chi connectivity index (χ3n) is 5.51. The number of hydrogen-bond acceptors (Lipinski definition) is 3. The third kappa shape index (κ3) is 4.16. The van der Waals surface area contributed by atoms with Gasteiger partial charge in [-0.25, -0.2) is 0 Å². The van der Waals surface area contributed by atoms with Gasteiger partial charge in [-0.2, -0.15) is 0 Å². The van der Waals surface area contributed by atoms with E-state index in [2.05, 4.69) is 71.6 Å². The zero-order valence-electron chi connectivity index (χ0n) is 18.1. The smallest absolute Gasteiger partial charge is 0.0541 e. The number of nitrogens with one attached hydrogen (secondary N) is 1. The Hall–Kier alpha value is -4.18. The van der Waals surface area contributed by atoms with Gasteiger partial charge in [0.25, 0.3) is 0 Å². The van der Waals surface area contributed by atoms with Crippen molar-refractivity contribution in [3.8, 4) is 0 Å². The fraction of sp³-hybridized carbons (Fsp3) is 0.0714. The summed E-state index contributed by atoms with van der Waals surface area (Å²) in [5.41, 5.74) is 13.5. The Balaban J connectivity index is 1.98. The predicted molar refractivity (Wildman–Crippen MR) is 137 cm³/mol. The summed E-state index contributed by atoms with van der Waals surface area (Å²) in [7, 11) is 0. The predicted octanol–water partition coefficient (Wildman–Crippen LogP) is 6.49. The van der Waals surface area contributed by atoms with Crippen LogP contribution in [0.1, 0.15) is 17.5 Å². The quantitative estimate of drug-likeness (QED) is 0.266. The van der Waals surface area contributed by atoms with Crippen LogP contribution in [-0.4, -0.2) is 15.8 Å². The molecule has 0 bridgehead atoms. The lowest BCUT2D eigenvalue weighted by atomic mass is 10.1. The number of aryl methyl sites for hydroxylation is 1. The molecular weight excluding hydrogens is 392 g/mol. The van der Waals surface area contributed by atoms with Crippen LogP contribution in [0, 0.1) is 12.3 Å². The highest BCUT2D eigenvalue weighted by Gasteiger charge is 2.13. The largest absolute Gasteiger partial charge is 0.398 e. The monoisotopic (exact) mass is 418 g/mol. The van der Waals surface area contributed by atoms with Gasteiger partial charge >= 0.3 is 0 Å². The second-order valence-electron chi connectivity index (χ2n) is 7.65. The first-order valence-corrected chi connectivity index (χ1v) is 10.5. The van der Waals surface area contributed by atoms with Crippen LogP contribution >= 0.6 is 0 Å². The van der Waals surface area contributed by atoms with E-state index in [0.29, 0.717) is 12.1 Å². The lowest BCUT2D eigenvalue weighted by molar-refractivity contribution is 1.19. The molecule has 0 amide bonds. The molecule has 0 spiro atoms. The summed E-state index contributed by atoms with van der Waals surface area (Å²) >= 11 is 0. The van der Waals surface area contributed by atoms with E-state index in [9.17, 15) is 0 Å². The minimum absolute atomic E-state index is 0.633. The van der Waals surface area contributed by atoms with Gasteiger partial charge in [-0.15, -0.1) is 0 Å². The van der Waals surface area contributed by atoms with E-state index in [1.165, 1.54) is 22.6 Å². The molecule has 3 N–H and O–H groups in total. The molecule has 4 heteroatoms. The first-order chi connectivity index (χ1) is 15.6. The Kier molecular flexibility index (Phi) is 6.13. The molecule has 2 heterocycles. The van der Waals surface area contributed by atoms with Crippen LogP contribution in [0.3, 0.4) is 0 Å². The number of nitrogens with two attached hydrogens (primary N) is 1. The average Bonchev–Trinajstić information content (AvgIpc) is 3.15. The second kappa shape index (κ2) is 9.31. The molecule has 0 aliphatic heterocycles. The van der Waals surface area contributed by atoms with Crippen molar-refractivity contribution in [1.82, 2.24) is 9.55 Å². The van der Waals surface area contributed by atoms with Gasteiger partial charge in [-0.1, -0.05) is 48.6 Å². The van der Waals surface area contributed by atoms with Crippen molar-refractivity contribution in [2.75, 3.05) is 0 Å². The molecule has 0 aliphatic carbocycles. The summed E-state index contributed by atoms with van der Waals surface area (Å²) in [5, 5.41) is 9.82. The maximum atomic E-state index is 7.41. The number of nitrogens with zero attached hydrogens (tertiary/aromatic N) is 2. The van der Waals surface area contributed by atoms with E-state index in [1.54, 1.807) is 24.5 Å². The minimum atomic E-state index is 0.633. The van der Waals surface area contributed by atoms with E-state index in [4.69, 9.17) is 11.1 Å². The molecule has 0 unspecified atom stereocenters. The standard InChI is InChI=1S/C28H26N4/c1-3-21(12-15-29)9-10-23(19-26(30)22-13-16-31-17-14-22)32-27-7-5-4-6-24(27)25-18-20(2)8-11-28(25)32/h3-8,10-19,29H,1,9,30H2,2H3/b21-12+,23-10+,26-19-,29-15?. The van der Waals surface area contributed by atoms with E-state index in [-0.39, 0.29) is 0 Å². The molecule has 2 aromatic carbocycles. The van der Waals surface area contributed by atoms with E-state index in [1.807, 2.05) is 18.2 Å². The van der Waals surface area contributed by atoms with Gasteiger partial charge in [0.05, 0.1) is 11.0 Å². The topological polar surface area (TPSA) is 67.7 Å². The molecule has 4 nitrogen and oxygen atoms in total. The van der Waals surface area contributed by atoms with Crippen molar-refractivity contribution < 1.29 is 0 Å². The lowest BCUT2D eigenvalue weighted by Gasteiger charge is -2.12. The Labute approximate surface area is 188 Å². The highest BCUT2D eigenvalue weighted by atomic mass is 15.0. The van der Waals surface area contributed by atoms with Gasteiger partial charge in [0.2, 0.25) is 0 Å². The number of pyridine rings is 1. The van der Waals surface area contributed by atoms with Gasteiger partial charge < -0.3 is 15.7 Å². The Morgan fingerprint density at radius 2 is 1.81 bits per heavy atom. The molecule has 0 saturated carbocycles. The maximum Gasteiger partial charge on any atom is 0.0541 e. The van der Waals surface area contributed by atoms with Crippen molar-refractivity contribution in [3.05, 3.63) is 115 Å². The fourth-order valence-corrected chi connectivity index (χ4v) is 3.92. The molecule has 0 saturated heterocycles. The Morgan fingerprint density at radius 3 is 2.56 bits per heavy atom. The summed E-state index contributed by atoms with van der Waals surface area (Å²) in [6.07, 6.45) is 13.1. The number of hydrogen-bond donors (Lipinski definition) is 2. The van der Waals surface area contributed by atoms with Gasteiger partial charge in [0, 0.05) is 46.3 Å². The van der Waals surface area contributed by atoms with Crippen molar-refractivity contribution in [1.29, 1.82) is 5.41 Å². The van der Waals surface area contributed by atoms with Gasteiger partial charge in [-0.05, 0) is 61.4 Å². The van der Waals surface area contributed by atoms with Gasteiger partial charge in [-0.3, -0.25) is 4.98 Å². The Bertz CT molecular complexity index is 1390. The lowest BCUT2D eigenvalue weighted by Crippen LogP contribution is -2.01. The highest BCUT2D eigenvalue weighted by Crippen LogP contribution is 2.33. The molecule has 2 aromatic heterocycles. The third-order valence-corrected chi connectivity index (χ3v) is 5.51. The van der Waals surface area contributed by atoms with Crippen molar-refractivity contribution >= 4 is 39.4 Å². The molecule has 0 atom stereocenters. The van der Waals surface area contributed by atoms with Crippen LogP contribution in [0.4, 0.5) is 0 Å². The average molecular weight is 419 g/mol. The number of aromatic nitrogens is 2. The molecule has 0 radical (unpaired) electrons. The molecular formula is C28H26N4. The number of rotatable bonds is 7. The van der Waals surface area contributed by atoms with Crippen molar-refractivity contribution in [3.63, 3.8) is 0 Å². The minimum Gasteiger partial charge on any atom is -0.398 e. The fourth-order valence-electron chi connectivity index (χ4n) is 3.92. The van der Waals surface area contributed by atoms with Crippen molar-refractivity contribution in [2.24, 2.45) is 5.73 Å². The zero-order valence-corrected chi connectivity index (χ0v) is 18.1. The van der Waals surface area contributed by atoms with E-state index in [0.717, 1.165) is 27.9 Å². The van der Waals surface area contributed by atoms with Crippen LogP contribution in [0.25, 0.3) is 33.2 Å². The number of para-hydroxylation sites is 1. The molecule has 0 fully saturated rings. The normalized spacial score (nSPS) is 13.0. The zero-order chi connectivity index (χ0) is 22.5. The second-order valence-corrected chi connectivity index (χ2v) is 7.65. The van der Waals surface area contributed by atoms with Crippen molar-refractivity contribution in [2.45, 2.75) is 13.3 Å². The van der Waals surface area contributed by atoms with Crippen LogP contribution in [0.15, 0.2) is 103 Å². The number of benzene rings is 2. The molecule has 158 valence electrons. The van der Waals surface area contributed by atoms with E-state index >= 15 is 0 Å². The summed E-state index contributed by atoms with van der Waals surface area (Å²) in [5.74, 6) is 0. The molecule has 4 aromatic rings.